The first-order valence-corrected chi connectivity index (χ1v) is 7.65. The number of benzene rings is 1. The van der Waals surface area contributed by atoms with Crippen LogP contribution in [-0.4, -0.2) is 27.9 Å². The van der Waals surface area contributed by atoms with Crippen molar-refractivity contribution in [1.29, 1.82) is 0 Å². The zero-order valence-corrected chi connectivity index (χ0v) is 12.7. The van der Waals surface area contributed by atoms with Crippen molar-refractivity contribution < 1.29 is 27.9 Å². The van der Waals surface area contributed by atoms with E-state index in [1.165, 1.54) is 18.2 Å². The predicted molar refractivity (Wildman–Crippen MR) is 78.8 cm³/mol. The summed E-state index contributed by atoms with van der Waals surface area (Å²) in [6.07, 6.45) is 0.328. The molecule has 24 heavy (non-hydrogen) atoms. The van der Waals surface area contributed by atoms with Gasteiger partial charge in [-0.05, 0) is 30.5 Å². The normalized spacial score (nSPS) is 22.8. The third-order valence-electron chi connectivity index (χ3n) is 4.39. The Morgan fingerprint density at radius 2 is 1.67 bits per heavy atom. The van der Waals surface area contributed by atoms with E-state index >= 15 is 0 Å². The fraction of sp³-hybridized carbons (Fsp3) is 0.412. The maximum Gasteiger partial charge on any atom is 0.416 e. The summed E-state index contributed by atoms with van der Waals surface area (Å²) in [6.45, 7) is 0.193. The summed E-state index contributed by atoms with van der Waals surface area (Å²) in [4.78, 5) is 25.2. The van der Waals surface area contributed by atoms with Crippen LogP contribution < -0.4 is 0 Å². The molecule has 0 radical (unpaired) electrons. The Morgan fingerprint density at radius 1 is 1.08 bits per heavy atom. The molecular formula is C17H16F3NO3. The summed E-state index contributed by atoms with van der Waals surface area (Å²) in [6, 6.07) is 4.75. The van der Waals surface area contributed by atoms with Crippen molar-refractivity contribution in [2.75, 3.05) is 0 Å². The van der Waals surface area contributed by atoms with Crippen LogP contribution in [0.25, 0.3) is 0 Å². The highest BCUT2D eigenvalue weighted by atomic mass is 19.4. The molecule has 0 spiro atoms. The van der Waals surface area contributed by atoms with Crippen LogP contribution in [-0.2, 0) is 22.3 Å². The van der Waals surface area contributed by atoms with Gasteiger partial charge in [-0.3, -0.25) is 9.59 Å². The Bertz CT molecular complexity index is 677. The van der Waals surface area contributed by atoms with E-state index in [2.05, 4.69) is 0 Å². The van der Waals surface area contributed by atoms with Crippen LogP contribution in [0.15, 0.2) is 36.4 Å². The molecule has 1 N–H and O–H groups in total. The van der Waals surface area contributed by atoms with Crippen molar-refractivity contribution in [3.05, 3.63) is 47.5 Å². The average molecular weight is 339 g/mol. The Hall–Kier alpha value is -2.31. The van der Waals surface area contributed by atoms with E-state index in [9.17, 15) is 22.8 Å². The largest absolute Gasteiger partial charge is 0.481 e. The fourth-order valence-corrected chi connectivity index (χ4v) is 2.77. The monoisotopic (exact) mass is 339 g/mol. The lowest BCUT2D eigenvalue weighted by Gasteiger charge is -2.32. The molecule has 2 atom stereocenters. The van der Waals surface area contributed by atoms with Gasteiger partial charge in [-0.2, -0.15) is 13.2 Å². The standard InChI is InChI=1S/C17H16F3NO3/c18-17(19,20)11-3-1-10(2-4-11)9-21(12-5-6-12)15(22)13-7-8-14(13)16(23)24/h1-4,7-8,12-14H,5-6,9H2,(H,23,24)/t13-,14+/m0/s1. The summed E-state index contributed by atoms with van der Waals surface area (Å²) in [5.41, 5.74) is -0.137. The number of aliphatic carboxylic acids is 1. The van der Waals surface area contributed by atoms with E-state index in [1.54, 1.807) is 11.0 Å². The van der Waals surface area contributed by atoms with E-state index in [0.29, 0.717) is 5.56 Å². The quantitative estimate of drug-likeness (QED) is 0.839. The summed E-state index contributed by atoms with van der Waals surface area (Å²) >= 11 is 0. The van der Waals surface area contributed by atoms with Crippen LogP contribution in [0.4, 0.5) is 13.2 Å². The van der Waals surface area contributed by atoms with Gasteiger partial charge in [0, 0.05) is 12.6 Å². The number of carbonyl (C=O) groups excluding carboxylic acids is 1. The molecule has 1 fully saturated rings. The molecule has 4 nitrogen and oxygen atoms in total. The third-order valence-corrected chi connectivity index (χ3v) is 4.39. The Morgan fingerprint density at radius 3 is 2.08 bits per heavy atom. The lowest BCUT2D eigenvalue weighted by molar-refractivity contribution is -0.148. The molecule has 1 amide bonds. The number of alkyl halides is 3. The first-order chi connectivity index (χ1) is 11.3. The van der Waals surface area contributed by atoms with Crippen LogP contribution >= 0.6 is 0 Å². The van der Waals surface area contributed by atoms with Crippen molar-refractivity contribution in [2.45, 2.75) is 31.6 Å². The zero-order valence-electron chi connectivity index (χ0n) is 12.7. The molecule has 1 aromatic carbocycles. The minimum atomic E-state index is -4.39. The van der Waals surface area contributed by atoms with Gasteiger partial charge in [-0.25, -0.2) is 0 Å². The van der Waals surface area contributed by atoms with Crippen molar-refractivity contribution >= 4 is 11.9 Å². The van der Waals surface area contributed by atoms with Gasteiger partial charge in [-0.15, -0.1) is 0 Å². The molecule has 0 saturated heterocycles. The van der Waals surface area contributed by atoms with Crippen molar-refractivity contribution in [2.24, 2.45) is 11.8 Å². The van der Waals surface area contributed by atoms with E-state index in [1.807, 2.05) is 0 Å². The Balaban J connectivity index is 1.72. The fourth-order valence-electron chi connectivity index (χ4n) is 2.77. The average Bonchev–Trinajstić information content (AvgIpc) is 3.26. The molecule has 0 aliphatic heterocycles. The number of hydrogen-bond acceptors (Lipinski definition) is 2. The third kappa shape index (κ3) is 3.29. The maximum atomic E-state index is 12.6. The van der Waals surface area contributed by atoms with Crippen molar-refractivity contribution in [3.8, 4) is 0 Å². The number of hydrogen-bond donors (Lipinski definition) is 1. The highest BCUT2D eigenvalue weighted by molar-refractivity contribution is 5.90. The second-order valence-corrected chi connectivity index (χ2v) is 6.17. The summed E-state index contributed by atoms with van der Waals surface area (Å²) < 4.78 is 37.8. The van der Waals surface area contributed by atoms with Gasteiger partial charge in [0.1, 0.15) is 0 Å². The first-order valence-electron chi connectivity index (χ1n) is 7.65. The van der Waals surface area contributed by atoms with E-state index < -0.39 is 29.5 Å². The lowest BCUT2D eigenvalue weighted by Crippen LogP contribution is -2.43. The topological polar surface area (TPSA) is 57.6 Å². The highest BCUT2D eigenvalue weighted by Gasteiger charge is 2.42. The van der Waals surface area contributed by atoms with Crippen molar-refractivity contribution in [1.82, 2.24) is 4.90 Å². The number of halogens is 3. The van der Waals surface area contributed by atoms with E-state index in [0.717, 1.165) is 25.0 Å². The molecule has 0 bridgehead atoms. The molecule has 0 aromatic heterocycles. The minimum absolute atomic E-state index is 0.0447. The van der Waals surface area contributed by atoms with Gasteiger partial charge in [0.15, 0.2) is 0 Å². The number of amides is 1. The molecule has 7 heteroatoms. The van der Waals surface area contributed by atoms with E-state index in [-0.39, 0.29) is 18.5 Å². The molecule has 0 heterocycles. The molecule has 3 rings (SSSR count). The smallest absolute Gasteiger partial charge is 0.416 e. The van der Waals surface area contributed by atoms with Crippen LogP contribution in [0.3, 0.4) is 0 Å². The second kappa shape index (κ2) is 5.96. The van der Waals surface area contributed by atoms with E-state index in [4.69, 9.17) is 5.11 Å². The van der Waals surface area contributed by atoms with Crippen LogP contribution in [0, 0.1) is 11.8 Å². The zero-order chi connectivity index (χ0) is 17.5. The SMILES string of the molecule is O=C(O)[C@@H]1C=C[C@@H]1C(=O)N(Cc1ccc(C(F)(F)F)cc1)C1CC1. The highest BCUT2D eigenvalue weighted by Crippen LogP contribution is 2.35. The summed E-state index contributed by atoms with van der Waals surface area (Å²) in [5.74, 6) is -2.81. The van der Waals surface area contributed by atoms with Gasteiger partial charge in [0.05, 0.1) is 17.4 Å². The lowest BCUT2D eigenvalue weighted by atomic mass is 9.81. The molecule has 1 aromatic rings. The van der Waals surface area contributed by atoms with Gasteiger partial charge in [0.25, 0.3) is 0 Å². The number of carboxylic acids is 1. The van der Waals surface area contributed by atoms with Crippen LogP contribution in [0.2, 0.25) is 0 Å². The van der Waals surface area contributed by atoms with Crippen LogP contribution in [0.5, 0.6) is 0 Å². The number of rotatable bonds is 5. The molecule has 2 aliphatic rings. The molecule has 0 unspecified atom stereocenters. The molecule has 2 aliphatic carbocycles. The van der Waals surface area contributed by atoms with Gasteiger partial charge < -0.3 is 10.0 Å². The second-order valence-electron chi connectivity index (χ2n) is 6.17. The van der Waals surface area contributed by atoms with Crippen molar-refractivity contribution in [3.63, 3.8) is 0 Å². The predicted octanol–water partition coefficient (Wildman–Crippen LogP) is 3.08. The maximum absolute atomic E-state index is 12.6. The summed E-state index contributed by atoms with van der Waals surface area (Å²) in [5, 5.41) is 9.06. The molecule has 128 valence electrons. The van der Waals surface area contributed by atoms with Crippen LogP contribution in [0.1, 0.15) is 24.0 Å². The minimum Gasteiger partial charge on any atom is -0.481 e. The Kier molecular flexibility index (Phi) is 4.11. The number of carbonyl (C=O) groups is 2. The Labute approximate surface area is 136 Å². The van der Waals surface area contributed by atoms with Gasteiger partial charge >= 0.3 is 12.1 Å². The first kappa shape index (κ1) is 16.5. The molecular weight excluding hydrogens is 323 g/mol. The van der Waals surface area contributed by atoms with Gasteiger partial charge in [-0.1, -0.05) is 24.3 Å². The number of carboxylic acid groups (broad SMARTS) is 1. The van der Waals surface area contributed by atoms with Gasteiger partial charge in [0.2, 0.25) is 5.91 Å². The summed E-state index contributed by atoms with van der Waals surface area (Å²) in [7, 11) is 0. The molecule has 1 saturated carbocycles. The number of nitrogens with zero attached hydrogens (tertiary/aromatic N) is 1.